The minimum Gasteiger partial charge on any atom is -0.384 e. The number of thiophene rings is 1. The van der Waals surface area contributed by atoms with Gasteiger partial charge in [0, 0.05) is 46.7 Å². The second kappa shape index (κ2) is 9.59. The van der Waals surface area contributed by atoms with Gasteiger partial charge in [-0.25, -0.2) is 0 Å². The van der Waals surface area contributed by atoms with Crippen molar-refractivity contribution < 1.29 is 13.2 Å². The summed E-state index contributed by atoms with van der Waals surface area (Å²) in [5, 5.41) is 4.07. The maximum absolute atomic E-state index is 12.9. The molecular weight excluding hydrogens is 395 g/mol. The minimum atomic E-state index is -4.36. The molecule has 3 rings (SSSR count). The van der Waals surface area contributed by atoms with E-state index in [0.29, 0.717) is 10.9 Å². The molecule has 0 unspecified atom stereocenters. The van der Waals surface area contributed by atoms with E-state index in [1.165, 1.54) is 15.8 Å². The van der Waals surface area contributed by atoms with Crippen molar-refractivity contribution in [2.24, 2.45) is 0 Å². The van der Waals surface area contributed by atoms with Crippen LogP contribution in [0.2, 0.25) is 0 Å². The maximum Gasteiger partial charge on any atom is 0.416 e. The Kier molecular flexibility index (Phi) is 7.14. The van der Waals surface area contributed by atoms with Gasteiger partial charge in [0.15, 0.2) is 0 Å². The molecule has 0 amide bonds. The number of nitrogens with zero attached hydrogens (tertiary/aromatic N) is 2. The number of benzene rings is 1. The van der Waals surface area contributed by atoms with Crippen molar-refractivity contribution >= 4 is 27.9 Å². The van der Waals surface area contributed by atoms with E-state index >= 15 is 0 Å². The Morgan fingerprint density at radius 3 is 2.62 bits per heavy atom. The molecule has 0 spiro atoms. The molecule has 0 bridgehead atoms. The van der Waals surface area contributed by atoms with Crippen molar-refractivity contribution in [3.63, 3.8) is 0 Å². The molecule has 0 radical (unpaired) electrons. The lowest BCUT2D eigenvalue weighted by atomic mass is 10.1. The summed E-state index contributed by atoms with van der Waals surface area (Å²) in [4.78, 5) is 9.26. The molecular formula is C22H26F3N3S. The second-order valence-corrected chi connectivity index (χ2v) is 8.53. The Bertz CT molecular complexity index is 936. The van der Waals surface area contributed by atoms with Gasteiger partial charge in [-0.1, -0.05) is 13.0 Å². The van der Waals surface area contributed by atoms with Crippen LogP contribution in [0.4, 0.5) is 18.9 Å². The molecule has 29 heavy (non-hydrogen) atoms. The van der Waals surface area contributed by atoms with Crippen LogP contribution < -0.4 is 5.32 Å². The SMILES string of the molecule is CCCN(CCCNc1ccnc2cc(C(F)(F)F)ccc12)Cc1ccc(C)s1. The van der Waals surface area contributed by atoms with Gasteiger partial charge in [-0.2, -0.15) is 13.2 Å². The van der Waals surface area contributed by atoms with E-state index in [-0.39, 0.29) is 0 Å². The van der Waals surface area contributed by atoms with Crippen LogP contribution in [0.1, 0.15) is 35.1 Å². The zero-order valence-electron chi connectivity index (χ0n) is 16.7. The summed E-state index contributed by atoms with van der Waals surface area (Å²) in [5.41, 5.74) is 0.499. The van der Waals surface area contributed by atoms with Gasteiger partial charge in [-0.3, -0.25) is 9.88 Å². The molecule has 0 atom stereocenters. The summed E-state index contributed by atoms with van der Waals surface area (Å²) in [6, 6.07) is 9.88. The first-order valence-corrected chi connectivity index (χ1v) is 10.7. The summed E-state index contributed by atoms with van der Waals surface area (Å²) >= 11 is 1.84. The highest BCUT2D eigenvalue weighted by Crippen LogP contribution is 2.32. The number of anilines is 1. The average Bonchev–Trinajstić information content (AvgIpc) is 3.09. The maximum atomic E-state index is 12.9. The first-order chi connectivity index (χ1) is 13.9. The second-order valence-electron chi connectivity index (χ2n) is 7.16. The minimum absolute atomic E-state index is 0.352. The Morgan fingerprint density at radius 2 is 1.93 bits per heavy atom. The van der Waals surface area contributed by atoms with E-state index in [2.05, 4.69) is 41.2 Å². The number of fused-ring (bicyclic) bond motifs is 1. The largest absolute Gasteiger partial charge is 0.416 e. The molecule has 3 nitrogen and oxygen atoms in total. The quantitative estimate of drug-likeness (QED) is 0.409. The molecule has 0 aliphatic heterocycles. The van der Waals surface area contributed by atoms with E-state index in [0.717, 1.165) is 56.8 Å². The van der Waals surface area contributed by atoms with Gasteiger partial charge in [-0.15, -0.1) is 11.3 Å². The van der Waals surface area contributed by atoms with Gasteiger partial charge in [-0.05, 0) is 56.6 Å². The molecule has 0 aliphatic carbocycles. The van der Waals surface area contributed by atoms with Crippen LogP contribution >= 0.6 is 11.3 Å². The van der Waals surface area contributed by atoms with Crippen molar-refractivity contribution in [1.82, 2.24) is 9.88 Å². The van der Waals surface area contributed by atoms with Gasteiger partial charge in [0.05, 0.1) is 11.1 Å². The first-order valence-electron chi connectivity index (χ1n) is 9.84. The summed E-state index contributed by atoms with van der Waals surface area (Å²) in [7, 11) is 0. The van der Waals surface area contributed by atoms with E-state index in [1.54, 1.807) is 6.20 Å². The number of rotatable bonds is 9. The van der Waals surface area contributed by atoms with Gasteiger partial charge in [0.1, 0.15) is 0 Å². The summed E-state index contributed by atoms with van der Waals surface area (Å²) in [6.45, 7) is 8.05. The molecule has 2 aromatic heterocycles. The molecule has 1 aromatic carbocycles. The fraction of sp³-hybridized carbons (Fsp3) is 0.409. The molecule has 156 valence electrons. The molecule has 0 saturated carbocycles. The summed E-state index contributed by atoms with van der Waals surface area (Å²) in [6.07, 6.45) is -0.750. The Hall–Kier alpha value is -2.12. The van der Waals surface area contributed by atoms with Crippen LogP contribution in [0, 0.1) is 6.92 Å². The third kappa shape index (κ3) is 5.93. The lowest BCUT2D eigenvalue weighted by molar-refractivity contribution is -0.137. The van der Waals surface area contributed by atoms with Crippen molar-refractivity contribution in [2.45, 2.75) is 39.4 Å². The lowest BCUT2D eigenvalue weighted by Gasteiger charge is -2.21. The van der Waals surface area contributed by atoms with Crippen LogP contribution in [-0.4, -0.2) is 29.5 Å². The number of aryl methyl sites for hydroxylation is 1. The highest BCUT2D eigenvalue weighted by molar-refractivity contribution is 7.11. The van der Waals surface area contributed by atoms with Crippen LogP contribution in [0.5, 0.6) is 0 Å². The predicted molar refractivity (Wildman–Crippen MR) is 114 cm³/mol. The third-order valence-electron chi connectivity index (χ3n) is 4.75. The first kappa shape index (κ1) is 21.6. The highest BCUT2D eigenvalue weighted by Gasteiger charge is 2.30. The smallest absolute Gasteiger partial charge is 0.384 e. The Balaban J connectivity index is 1.58. The monoisotopic (exact) mass is 421 g/mol. The highest BCUT2D eigenvalue weighted by atomic mass is 32.1. The van der Waals surface area contributed by atoms with E-state index in [4.69, 9.17) is 0 Å². The van der Waals surface area contributed by atoms with E-state index in [9.17, 15) is 13.2 Å². The topological polar surface area (TPSA) is 28.2 Å². The number of aromatic nitrogens is 1. The van der Waals surface area contributed by atoms with Crippen molar-refractivity contribution in [3.8, 4) is 0 Å². The molecule has 2 heterocycles. The molecule has 1 N–H and O–H groups in total. The zero-order chi connectivity index (χ0) is 20.9. The van der Waals surface area contributed by atoms with Crippen molar-refractivity contribution in [1.29, 1.82) is 0 Å². The number of alkyl halides is 3. The average molecular weight is 422 g/mol. The fourth-order valence-electron chi connectivity index (χ4n) is 3.38. The summed E-state index contributed by atoms with van der Waals surface area (Å²) in [5.74, 6) is 0. The van der Waals surface area contributed by atoms with E-state index in [1.807, 2.05) is 17.4 Å². The van der Waals surface area contributed by atoms with E-state index < -0.39 is 11.7 Å². The van der Waals surface area contributed by atoms with Crippen LogP contribution in [0.25, 0.3) is 10.9 Å². The summed E-state index contributed by atoms with van der Waals surface area (Å²) < 4.78 is 38.7. The van der Waals surface area contributed by atoms with Crippen LogP contribution in [0.3, 0.4) is 0 Å². The molecule has 0 aliphatic rings. The number of nitrogens with one attached hydrogen (secondary N) is 1. The number of hydrogen-bond acceptors (Lipinski definition) is 4. The Labute approximate surface area is 173 Å². The predicted octanol–water partition coefficient (Wildman–Crippen LogP) is 6.34. The van der Waals surface area contributed by atoms with Gasteiger partial charge < -0.3 is 5.32 Å². The number of halogens is 3. The molecule has 0 fully saturated rings. The van der Waals surface area contributed by atoms with Crippen LogP contribution in [-0.2, 0) is 12.7 Å². The number of hydrogen-bond donors (Lipinski definition) is 1. The van der Waals surface area contributed by atoms with Gasteiger partial charge >= 0.3 is 6.18 Å². The standard InChI is InChI=1S/C22H26F3N3S/c1-3-12-28(15-18-7-5-16(2)29-18)13-4-10-26-20-9-11-27-21-14-17(22(23,24)25)6-8-19(20)21/h5-9,11,14H,3-4,10,12-13,15H2,1-2H3,(H,26,27). The molecule has 7 heteroatoms. The van der Waals surface area contributed by atoms with Crippen molar-refractivity contribution in [2.75, 3.05) is 25.0 Å². The fourth-order valence-corrected chi connectivity index (χ4v) is 4.31. The van der Waals surface area contributed by atoms with Crippen LogP contribution in [0.15, 0.2) is 42.6 Å². The number of pyridine rings is 1. The molecule has 0 saturated heterocycles. The third-order valence-corrected chi connectivity index (χ3v) is 5.74. The van der Waals surface area contributed by atoms with Gasteiger partial charge in [0.2, 0.25) is 0 Å². The van der Waals surface area contributed by atoms with Crippen molar-refractivity contribution in [3.05, 3.63) is 57.9 Å². The lowest BCUT2D eigenvalue weighted by Crippen LogP contribution is -2.26. The zero-order valence-corrected chi connectivity index (χ0v) is 17.5. The normalized spacial score (nSPS) is 12.1. The Morgan fingerprint density at radius 1 is 1.10 bits per heavy atom. The molecule has 3 aromatic rings. The van der Waals surface area contributed by atoms with Gasteiger partial charge in [0.25, 0.3) is 0 Å².